The van der Waals surface area contributed by atoms with Gasteiger partial charge in [-0.05, 0) is 44.0 Å². The molecule has 1 aromatic carbocycles. The molecule has 0 aliphatic carbocycles. The summed E-state index contributed by atoms with van der Waals surface area (Å²) in [6.07, 6.45) is 1.45. The number of urea groups is 1. The molecule has 0 spiro atoms. The van der Waals surface area contributed by atoms with Crippen LogP contribution >= 0.6 is 0 Å². The molecule has 2 amide bonds. The van der Waals surface area contributed by atoms with Gasteiger partial charge in [0.15, 0.2) is 5.82 Å². The topological polar surface area (TPSA) is 112 Å². The number of aliphatic hydroxyl groups is 1. The van der Waals surface area contributed by atoms with E-state index in [9.17, 15) is 9.90 Å². The Morgan fingerprint density at radius 1 is 1.20 bits per heavy atom. The Labute approximate surface area is 206 Å². The number of benzene rings is 1. The third-order valence-electron chi connectivity index (χ3n) is 6.46. The number of morpholine rings is 1. The van der Waals surface area contributed by atoms with Crippen LogP contribution in [0.1, 0.15) is 30.6 Å². The molecular formula is C25H36N6O4. The van der Waals surface area contributed by atoms with Crippen LogP contribution in [0.2, 0.25) is 0 Å². The number of rotatable bonds is 9. The van der Waals surface area contributed by atoms with E-state index < -0.39 is 0 Å². The van der Waals surface area contributed by atoms with Crippen molar-refractivity contribution in [3.05, 3.63) is 35.5 Å². The second kappa shape index (κ2) is 12.3. The molecule has 0 bridgehead atoms. The van der Waals surface area contributed by atoms with Crippen molar-refractivity contribution in [1.82, 2.24) is 20.2 Å². The summed E-state index contributed by atoms with van der Waals surface area (Å²) in [5, 5.41) is 15.4. The number of hydrogen-bond donors (Lipinski definition) is 3. The molecule has 0 unspecified atom stereocenters. The first-order chi connectivity index (χ1) is 17.1. The SMILES string of the molecule is CCNC(=O)Nc1ccc(-c2nc3c(c(N4CCOCC4)n2)CCN(CCOC)[C@H]3CCO)cc1. The van der Waals surface area contributed by atoms with E-state index in [-0.39, 0.29) is 18.7 Å². The molecule has 3 N–H and O–H groups in total. The Bertz CT molecular complexity index is 981. The third-order valence-corrected chi connectivity index (χ3v) is 6.46. The molecular weight excluding hydrogens is 448 g/mol. The maximum absolute atomic E-state index is 11.9. The Kier molecular flexibility index (Phi) is 8.86. The molecule has 1 aromatic heterocycles. The lowest BCUT2D eigenvalue weighted by Crippen LogP contribution is -2.42. The number of amides is 2. The molecule has 10 heteroatoms. The van der Waals surface area contributed by atoms with Crippen LogP contribution < -0.4 is 15.5 Å². The number of hydrogen-bond acceptors (Lipinski definition) is 8. The average molecular weight is 485 g/mol. The summed E-state index contributed by atoms with van der Waals surface area (Å²) in [5.41, 5.74) is 3.73. The van der Waals surface area contributed by atoms with Crippen LogP contribution in [0, 0.1) is 0 Å². The van der Waals surface area contributed by atoms with Gasteiger partial charge in [0.25, 0.3) is 0 Å². The number of anilines is 2. The minimum absolute atomic E-state index is 0.000815. The van der Waals surface area contributed by atoms with Crippen LogP contribution in [0.3, 0.4) is 0 Å². The van der Waals surface area contributed by atoms with Crippen molar-refractivity contribution >= 4 is 17.5 Å². The number of carbonyl (C=O) groups excluding carboxylic acids is 1. The first-order valence-electron chi connectivity index (χ1n) is 12.4. The van der Waals surface area contributed by atoms with E-state index in [2.05, 4.69) is 20.4 Å². The van der Waals surface area contributed by atoms with Gasteiger partial charge in [-0.2, -0.15) is 0 Å². The summed E-state index contributed by atoms with van der Waals surface area (Å²) >= 11 is 0. The highest BCUT2D eigenvalue weighted by molar-refractivity contribution is 5.89. The van der Waals surface area contributed by atoms with Gasteiger partial charge in [-0.25, -0.2) is 14.8 Å². The van der Waals surface area contributed by atoms with Crippen molar-refractivity contribution in [2.24, 2.45) is 0 Å². The summed E-state index contributed by atoms with van der Waals surface area (Å²) in [5.74, 6) is 1.61. The van der Waals surface area contributed by atoms with Crippen LogP contribution in [-0.2, 0) is 15.9 Å². The highest BCUT2D eigenvalue weighted by Gasteiger charge is 2.33. The number of aliphatic hydroxyl groups excluding tert-OH is 1. The zero-order chi connectivity index (χ0) is 24.6. The van der Waals surface area contributed by atoms with Gasteiger partial charge in [0.2, 0.25) is 0 Å². The predicted octanol–water partition coefficient (Wildman–Crippen LogP) is 2.05. The standard InChI is InChI=1S/C25H36N6O4/c1-3-26-25(33)27-19-6-4-18(5-7-19)23-28-22-20(24(29-23)31-12-16-35-17-13-31)8-10-30(11-15-34-2)21(22)9-14-32/h4-7,21,32H,3,8-17H2,1-2H3,(H2,26,27,33)/t21-/m0/s1. The van der Waals surface area contributed by atoms with Crippen LogP contribution in [0.5, 0.6) is 0 Å². The van der Waals surface area contributed by atoms with Gasteiger partial charge in [-0.15, -0.1) is 0 Å². The molecule has 4 rings (SSSR count). The normalized spacial score (nSPS) is 18.3. The van der Waals surface area contributed by atoms with Crippen LogP contribution in [0.4, 0.5) is 16.3 Å². The number of methoxy groups -OCH3 is 1. The maximum Gasteiger partial charge on any atom is 0.319 e. The van der Waals surface area contributed by atoms with Crippen LogP contribution in [0.25, 0.3) is 11.4 Å². The predicted molar refractivity (Wildman–Crippen MR) is 135 cm³/mol. The summed E-state index contributed by atoms with van der Waals surface area (Å²) < 4.78 is 10.9. The second-order valence-corrected chi connectivity index (χ2v) is 8.70. The number of carbonyl (C=O) groups is 1. The fourth-order valence-electron chi connectivity index (χ4n) is 4.71. The summed E-state index contributed by atoms with van der Waals surface area (Å²) in [6.45, 7) is 7.74. The number of fused-ring (bicyclic) bond motifs is 1. The Hall–Kier alpha value is -2.79. The number of aromatic nitrogens is 2. The highest BCUT2D eigenvalue weighted by atomic mass is 16.5. The van der Waals surface area contributed by atoms with Gasteiger partial charge in [0.05, 0.1) is 31.6 Å². The van der Waals surface area contributed by atoms with Crippen molar-refractivity contribution in [2.45, 2.75) is 25.8 Å². The molecule has 1 fully saturated rings. The third kappa shape index (κ3) is 6.07. The largest absolute Gasteiger partial charge is 0.396 e. The first kappa shape index (κ1) is 25.3. The first-order valence-corrected chi connectivity index (χ1v) is 12.4. The number of nitrogens with zero attached hydrogens (tertiary/aromatic N) is 4. The lowest BCUT2D eigenvalue weighted by Gasteiger charge is -2.39. The Morgan fingerprint density at radius 2 is 1.97 bits per heavy atom. The molecule has 0 saturated carbocycles. The monoisotopic (exact) mass is 484 g/mol. The van der Waals surface area contributed by atoms with Crippen molar-refractivity contribution in [2.75, 3.05) is 76.5 Å². The smallest absolute Gasteiger partial charge is 0.319 e. The molecule has 2 aromatic rings. The minimum atomic E-state index is -0.233. The molecule has 1 saturated heterocycles. The summed E-state index contributed by atoms with van der Waals surface area (Å²) in [7, 11) is 1.71. The minimum Gasteiger partial charge on any atom is -0.396 e. The van der Waals surface area contributed by atoms with E-state index in [1.54, 1.807) is 7.11 Å². The van der Waals surface area contributed by atoms with E-state index in [0.29, 0.717) is 44.3 Å². The lowest BCUT2D eigenvalue weighted by atomic mass is 9.95. The fraction of sp³-hybridized carbons (Fsp3) is 0.560. The van der Waals surface area contributed by atoms with Gasteiger partial charge in [-0.1, -0.05) is 0 Å². The van der Waals surface area contributed by atoms with Crippen molar-refractivity contribution in [3.8, 4) is 11.4 Å². The van der Waals surface area contributed by atoms with Gasteiger partial charge in [0, 0.05) is 63.3 Å². The van der Waals surface area contributed by atoms with Crippen LogP contribution in [-0.4, -0.2) is 92.3 Å². The highest BCUT2D eigenvalue weighted by Crippen LogP contribution is 2.37. The van der Waals surface area contributed by atoms with Gasteiger partial charge < -0.3 is 30.1 Å². The van der Waals surface area contributed by atoms with Gasteiger partial charge in [0.1, 0.15) is 5.82 Å². The van der Waals surface area contributed by atoms with Crippen molar-refractivity contribution in [3.63, 3.8) is 0 Å². The Balaban J connectivity index is 1.71. The summed E-state index contributed by atoms with van der Waals surface area (Å²) in [4.78, 5) is 26.6. The summed E-state index contributed by atoms with van der Waals surface area (Å²) in [6, 6.07) is 7.34. The van der Waals surface area contributed by atoms with Crippen molar-refractivity contribution < 1.29 is 19.4 Å². The molecule has 1 atom stereocenters. The lowest BCUT2D eigenvalue weighted by molar-refractivity contribution is 0.0967. The van der Waals surface area contributed by atoms with Crippen LogP contribution in [0.15, 0.2) is 24.3 Å². The van der Waals surface area contributed by atoms with Gasteiger partial charge >= 0.3 is 6.03 Å². The molecule has 190 valence electrons. The van der Waals surface area contributed by atoms with E-state index in [1.165, 1.54) is 0 Å². The molecule has 2 aliphatic rings. The van der Waals surface area contributed by atoms with E-state index >= 15 is 0 Å². The second-order valence-electron chi connectivity index (χ2n) is 8.70. The molecule has 2 aliphatic heterocycles. The molecule has 3 heterocycles. The molecule has 0 radical (unpaired) electrons. The Morgan fingerprint density at radius 3 is 2.66 bits per heavy atom. The molecule has 35 heavy (non-hydrogen) atoms. The maximum atomic E-state index is 11.9. The fourth-order valence-corrected chi connectivity index (χ4v) is 4.71. The number of nitrogens with one attached hydrogen (secondary N) is 2. The average Bonchev–Trinajstić information content (AvgIpc) is 2.89. The quantitative estimate of drug-likeness (QED) is 0.496. The zero-order valence-corrected chi connectivity index (χ0v) is 20.6. The van der Waals surface area contributed by atoms with E-state index in [0.717, 1.165) is 55.2 Å². The van der Waals surface area contributed by atoms with E-state index in [1.807, 2.05) is 31.2 Å². The van der Waals surface area contributed by atoms with Gasteiger partial charge in [-0.3, -0.25) is 4.90 Å². The number of ether oxygens (including phenoxy) is 2. The molecule has 10 nitrogen and oxygen atoms in total. The zero-order valence-electron chi connectivity index (χ0n) is 20.6. The van der Waals surface area contributed by atoms with E-state index in [4.69, 9.17) is 19.4 Å². The van der Waals surface area contributed by atoms with Crippen molar-refractivity contribution in [1.29, 1.82) is 0 Å².